The van der Waals surface area contributed by atoms with E-state index in [-0.39, 0.29) is 11.6 Å². The molecule has 0 radical (unpaired) electrons. The van der Waals surface area contributed by atoms with Crippen molar-refractivity contribution in [1.29, 1.82) is 0 Å². The molecule has 0 bridgehead atoms. The quantitative estimate of drug-likeness (QED) is 0.805. The van der Waals surface area contributed by atoms with Crippen LogP contribution in [0, 0.1) is 0 Å². The summed E-state index contributed by atoms with van der Waals surface area (Å²) in [6.45, 7) is 3.64. The minimum atomic E-state index is -1.29. The summed E-state index contributed by atoms with van der Waals surface area (Å²) < 4.78 is 11.6. The van der Waals surface area contributed by atoms with Crippen LogP contribution in [0.15, 0.2) is 36.4 Å². The molecule has 0 unspecified atom stereocenters. The molecule has 0 aromatic carbocycles. The standard InChI is InChI=1S/C17H16N2O4/c1-11(20)13-5-3-7-15(18-13)17(22-9-10-23-17)16-8-4-6-14(19-16)12(2)21/h3-8H,9-10H2,1-2H3. The Morgan fingerprint density at radius 3 is 1.70 bits per heavy atom. The fourth-order valence-electron chi connectivity index (χ4n) is 2.47. The van der Waals surface area contributed by atoms with Gasteiger partial charge in [0.2, 0.25) is 0 Å². The maximum Gasteiger partial charge on any atom is 0.257 e. The van der Waals surface area contributed by atoms with E-state index >= 15 is 0 Å². The summed E-state index contributed by atoms with van der Waals surface area (Å²) in [5.41, 5.74) is 1.53. The molecule has 118 valence electrons. The second-order valence-corrected chi connectivity index (χ2v) is 5.24. The van der Waals surface area contributed by atoms with Crippen molar-refractivity contribution >= 4 is 11.6 Å². The van der Waals surface area contributed by atoms with Crippen molar-refractivity contribution in [2.24, 2.45) is 0 Å². The van der Waals surface area contributed by atoms with E-state index in [1.54, 1.807) is 36.4 Å². The van der Waals surface area contributed by atoms with Crippen molar-refractivity contribution in [3.8, 4) is 0 Å². The van der Waals surface area contributed by atoms with E-state index in [1.165, 1.54) is 13.8 Å². The summed E-state index contributed by atoms with van der Waals surface area (Å²) in [4.78, 5) is 31.9. The van der Waals surface area contributed by atoms with E-state index in [1.807, 2.05) is 0 Å². The average Bonchev–Trinajstić information content (AvgIpc) is 3.06. The zero-order valence-corrected chi connectivity index (χ0v) is 12.9. The van der Waals surface area contributed by atoms with E-state index in [0.717, 1.165) is 0 Å². The Labute approximate surface area is 133 Å². The van der Waals surface area contributed by atoms with Crippen molar-refractivity contribution in [3.05, 3.63) is 59.2 Å². The van der Waals surface area contributed by atoms with Crippen LogP contribution in [0.5, 0.6) is 0 Å². The number of carbonyl (C=O) groups excluding carboxylic acids is 2. The van der Waals surface area contributed by atoms with Gasteiger partial charge in [-0.3, -0.25) is 9.59 Å². The molecule has 3 rings (SSSR count). The second kappa shape index (κ2) is 5.98. The molecule has 0 amide bonds. The Kier molecular flexibility index (Phi) is 4.02. The Hall–Kier alpha value is -2.44. The highest BCUT2D eigenvalue weighted by Crippen LogP contribution is 2.36. The molecular weight excluding hydrogens is 296 g/mol. The van der Waals surface area contributed by atoms with Crippen LogP contribution in [-0.2, 0) is 15.3 Å². The Morgan fingerprint density at radius 1 is 0.870 bits per heavy atom. The van der Waals surface area contributed by atoms with E-state index in [4.69, 9.17) is 9.47 Å². The summed E-state index contributed by atoms with van der Waals surface area (Å²) in [5.74, 6) is -1.59. The second-order valence-electron chi connectivity index (χ2n) is 5.24. The number of aromatic nitrogens is 2. The third-order valence-electron chi connectivity index (χ3n) is 3.59. The van der Waals surface area contributed by atoms with Crippen molar-refractivity contribution in [2.75, 3.05) is 13.2 Å². The zero-order valence-electron chi connectivity index (χ0n) is 12.9. The number of pyridine rings is 2. The van der Waals surface area contributed by atoms with Crippen LogP contribution in [-0.4, -0.2) is 34.7 Å². The van der Waals surface area contributed by atoms with Gasteiger partial charge in [0, 0.05) is 13.8 Å². The maximum atomic E-state index is 11.6. The molecule has 2 aromatic heterocycles. The fraction of sp³-hybridized carbons (Fsp3) is 0.294. The summed E-state index contributed by atoms with van der Waals surface area (Å²) in [6, 6.07) is 10.2. The van der Waals surface area contributed by atoms with Crippen molar-refractivity contribution in [2.45, 2.75) is 19.6 Å². The number of Topliss-reactive ketones (excluding diaryl/α,β-unsaturated/α-hetero) is 2. The number of nitrogens with zero attached hydrogens (tertiary/aromatic N) is 2. The van der Waals surface area contributed by atoms with Gasteiger partial charge in [-0.25, -0.2) is 9.97 Å². The van der Waals surface area contributed by atoms with Gasteiger partial charge >= 0.3 is 0 Å². The van der Waals surface area contributed by atoms with Gasteiger partial charge in [0.05, 0.1) is 13.2 Å². The molecule has 0 atom stereocenters. The normalized spacial score (nSPS) is 16.3. The van der Waals surface area contributed by atoms with Crippen LogP contribution in [0.3, 0.4) is 0 Å². The number of carbonyl (C=O) groups is 2. The molecule has 1 aliphatic rings. The highest BCUT2D eigenvalue weighted by molar-refractivity contribution is 5.92. The minimum absolute atomic E-state index is 0.148. The first-order valence-corrected chi connectivity index (χ1v) is 7.28. The molecule has 2 aromatic rings. The van der Waals surface area contributed by atoms with E-state index in [2.05, 4.69) is 9.97 Å². The van der Waals surface area contributed by atoms with Gasteiger partial charge in [-0.1, -0.05) is 12.1 Å². The highest BCUT2D eigenvalue weighted by atomic mass is 16.7. The monoisotopic (exact) mass is 312 g/mol. The molecule has 6 nitrogen and oxygen atoms in total. The van der Waals surface area contributed by atoms with E-state index in [9.17, 15) is 9.59 Å². The Morgan fingerprint density at radius 2 is 1.30 bits per heavy atom. The Bertz CT molecular complexity index is 707. The summed E-state index contributed by atoms with van der Waals surface area (Å²) in [7, 11) is 0. The molecule has 1 saturated heterocycles. The first-order chi connectivity index (χ1) is 11.0. The van der Waals surface area contributed by atoms with E-state index in [0.29, 0.717) is 36.0 Å². The molecule has 0 spiro atoms. The average molecular weight is 312 g/mol. The van der Waals surface area contributed by atoms with Gasteiger partial charge in [-0.15, -0.1) is 0 Å². The van der Waals surface area contributed by atoms with Crippen LogP contribution in [0.2, 0.25) is 0 Å². The third-order valence-corrected chi connectivity index (χ3v) is 3.59. The van der Waals surface area contributed by atoms with Crippen LogP contribution in [0.1, 0.15) is 46.2 Å². The molecule has 0 aliphatic carbocycles. The largest absolute Gasteiger partial charge is 0.337 e. The molecule has 1 aliphatic heterocycles. The van der Waals surface area contributed by atoms with Crippen LogP contribution in [0.4, 0.5) is 0 Å². The number of ketones is 2. The summed E-state index contributed by atoms with van der Waals surface area (Å²) in [6.07, 6.45) is 0. The van der Waals surface area contributed by atoms with Gasteiger partial charge in [-0.05, 0) is 24.3 Å². The number of rotatable bonds is 4. The Balaban J connectivity index is 2.14. The van der Waals surface area contributed by atoms with Crippen molar-refractivity contribution < 1.29 is 19.1 Å². The lowest BCUT2D eigenvalue weighted by molar-refractivity contribution is -0.136. The lowest BCUT2D eigenvalue weighted by atomic mass is 10.1. The summed E-state index contributed by atoms with van der Waals surface area (Å²) >= 11 is 0. The van der Waals surface area contributed by atoms with Gasteiger partial charge in [-0.2, -0.15) is 0 Å². The molecule has 23 heavy (non-hydrogen) atoms. The van der Waals surface area contributed by atoms with Gasteiger partial charge in [0.1, 0.15) is 22.8 Å². The zero-order chi connectivity index (χ0) is 16.4. The van der Waals surface area contributed by atoms with Crippen molar-refractivity contribution in [3.63, 3.8) is 0 Å². The van der Waals surface area contributed by atoms with Crippen molar-refractivity contribution in [1.82, 2.24) is 9.97 Å². The fourth-order valence-corrected chi connectivity index (χ4v) is 2.47. The predicted molar refractivity (Wildman–Crippen MR) is 81.2 cm³/mol. The highest BCUT2D eigenvalue weighted by Gasteiger charge is 2.44. The van der Waals surface area contributed by atoms with Gasteiger partial charge in [0.15, 0.2) is 11.6 Å². The van der Waals surface area contributed by atoms with Gasteiger partial charge < -0.3 is 9.47 Å². The molecule has 0 N–H and O–H groups in total. The lowest BCUT2D eigenvalue weighted by Gasteiger charge is -2.26. The first kappa shape index (κ1) is 15.5. The molecular formula is C17H16N2O4. The topological polar surface area (TPSA) is 78.4 Å². The number of ether oxygens (including phenoxy) is 2. The number of hydrogen-bond acceptors (Lipinski definition) is 6. The first-order valence-electron chi connectivity index (χ1n) is 7.28. The molecule has 6 heteroatoms. The third kappa shape index (κ3) is 2.78. The van der Waals surface area contributed by atoms with Crippen LogP contribution in [0.25, 0.3) is 0 Å². The van der Waals surface area contributed by atoms with Gasteiger partial charge in [0.25, 0.3) is 5.79 Å². The molecule has 0 saturated carbocycles. The number of hydrogen-bond donors (Lipinski definition) is 0. The van der Waals surface area contributed by atoms with E-state index < -0.39 is 5.79 Å². The lowest BCUT2D eigenvalue weighted by Crippen LogP contribution is -2.32. The maximum absolute atomic E-state index is 11.6. The minimum Gasteiger partial charge on any atom is -0.337 e. The molecule has 1 fully saturated rings. The predicted octanol–water partition coefficient (Wildman–Crippen LogP) is 2.13. The molecule has 3 heterocycles. The van der Waals surface area contributed by atoms with Crippen LogP contribution >= 0.6 is 0 Å². The SMILES string of the molecule is CC(=O)c1cccc(C2(c3cccc(C(C)=O)n3)OCCO2)n1. The summed E-state index contributed by atoms with van der Waals surface area (Å²) in [5, 5.41) is 0. The smallest absolute Gasteiger partial charge is 0.257 e. The van der Waals surface area contributed by atoms with Crippen LogP contribution < -0.4 is 0 Å².